The van der Waals surface area contributed by atoms with Crippen molar-refractivity contribution in [2.45, 2.75) is 25.7 Å². The van der Waals surface area contributed by atoms with Crippen molar-refractivity contribution in [2.24, 2.45) is 0 Å². The van der Waals surface area contributed by atoms with Crippen LogP contribution < -0.4 is 5.32 Å². The van der Waals surface area contributed by atoms with Gasteiger partial charge in [-0.3, -0.25) is 9.69 Å². The Morgan fingerprint density at radius 2 is 2.00 bits per heavy atom. The second kappa shape index (κ2) is 7.72. The number of fused-ring (bicyclic) bond motifs is 1. The molecule has 2 aromatic rings. The van der Waals surface area contributed by atoms with Crippen LogP contribution in [-0.4, -0.2) is 48.5 Å². The van der Waals surface area contributed by atoms with Crippen LogP contribution >= 0.6 is 11.3 Å². The van der Waals surface area contributed by atoms with Gasteiger partial charge in [-0.05, 0) is 44.1 Å². The maximum atomic E-state index is 12.2. The van der Waals surface area contributed by atoms with E-state index in [1.165, 1.54) is 31.3 Å². The van der Waals surface area contributed by atoms with Crippen LogP contribution in [0.5, 0.6) is 0 Å². The highest BCUT2D eigenvalue weighted by Crippen LogP contribution is 2.27. The number of nitrogens with one attached hydrogen (secondary N) is 1. The molecule has 2 heterocycles. The van der Waals surface area contributed by atoms with Crippen molar-refractivity contribution in [3.05, 3.63) is 23.8 Å². The van der Waals surface area contributed by atoms with E-state index in [1.807, 2.05) is 0 Å². The summed E-state index contributed by atoms with van der Waals surface area (Å²) in [6, 6.07) is 5.18. The van der Waals surface area contributed by atoms with E-state index in [0.717, 1.165) is 36.1 Å². The Morgan fingerprint density at radius 3 is 2.71 bits per heavy atom. The van der Waals surface area contributed by atoms with Crippen LogP contribution in [0.25, 0.3) is 10.2 Å². The third-order valence-electron chi connectivity index (χ3n) is 4.12. The molecule has 0 atom stereocenters. The van der Waals surface area contributed by atoms with Gasteiger partial charge in [0.1, 0.15) is 0 Å². The highest BCUT2D eigenvalue weighted by molar-refractivity contribution is 7.22. The number of carbonyl (C=O) groups is 2. The zero-order valence-electron chi connectivity index (χ0n) is 13.7. The molecule has 0 aliphatic carbocycles. The predicted octanol–water partition coefficient (Wildman–Crippen LogP) is 2.90. The third kappa shape index (κ3) is 4.10. The minimum absolute atomic E-state index is 0.0378. The lowest BCUT2D eigenvalue weighted by atomic mass is 10.2. The number of esters is 1. The first kappa shape index (κ1) is 16.9. The summed E-state index contributed by atoms with van der Waals surface area (Å²) in [5.74, 6) is -0.416. The van der Waals surface area contributed by atoms with E-state index in [9.17, 15) is 9.59 Å². The predicted molar refractivity (Wildman–Crippen MR) is 94.5 cm³/mol. The maximum absolute atomic E-state index is 12.2. The highest BCUT2D eigenvalue weighted by atomic mass is 32.1. The summed E-state index contributed by atoms with van der Waals surface area (Å²) in [6.07, 6.45) is 4.81. The van der Waals surface area contributed by atoms with Crippen LogP contribution in [0.1, 0.15) is 36.0 Å². The van der Waals surface area contributed by atoms with E-state index in [2.05, 4.69) is 15.2 Å². The molecule has 1 N–H and O–H groups in total. The van der Waals surface area contributed by atoms with Crippen LogP contribution in [-0.2, 0) is 9.53 Å². The van der Waals surface area contributed by atoms with E-state index in [4.69, 9.17) is 4.74 Å². The zero-order valence-corrected chi connectivity index (χ0v) is 14.5. The number of anilines is 1. The van der Waals surface area contributed by atoms with Crippen molar-refractivity contribution in [2.75, 3.05) is 32.1 Å². The minimum atomic E-state index is -0.378. The molecular formula is C17H21N3O3S. The number of benzene rings is 1. The van der Waals surface area contributed by atoms with Gasteiger partial charge in [0.05, 0.1) is 29.4 Å². The molecule has 1 aliphatic rings. The molecule has 1 aliphatic heterocycles. The largest absolute Gasteiger partial charge is 0.465 e. The fourth-order valence-corrected chi connectivity index (χ4v) is 3.80. The Kier molecular flexibility index (Phi) is 5.42. The lowest BCUT2D eigenvalue weighted by Crippen LogP contribution is -2.33. The minimum Gasteiger partial charge on any atom is -0.465 e. The summed E-state index contributed by atoms with van der Waals surface area (Å²) in [7, 11) is 1.35. The molecule has 3 rings (SSSR count). The van der Waals surface area contributed by atoms with Crippen LogP contribution in [0.15, 0.2) is 18.2 Å². The topological polar surface area (TPSA) is 71.5 Å². The Balaban J connectivity index is 1.66. The van der Waals surface area contributed by atoms with Crippen LogP contribution in [0.3, 0.4) is 0 Å². The molecule has 128 valence electrons. The number of hydrogen-bond donors (Lipinski definition) is 1. The van der Waals surface area contributed by atoms with Gasteiger partial charge in [-0.2, -0.15) is 0 Å². The molecule has 0 saturated carbocycles. The SMILES string of the molecule is COC(=O)c1ccc2nc(NC(=O)CN3CCCCCC3)sc2c1. The average Bonchev–Trinajstić information content (AvgIpc) is 2.79. The lowest BCUT2D eigenvalue weighted by Gasteiger charge is -2.18. The van der Waals surface area contributed by atoms with Gasteiger partial charge in [0, 0.05) is 0 Å². The second-order valence-corrected chi connectivity index (χ2v) is 6.96. The van der Waals surface area contributed by atoms with E-state index < -0.39 is 0 Å². The molecule has 24 heavy (non-hydrogen) atoms. The number of hydrogen-bond acceptors (Lipinski definition) is 6. The van der Waals surface area contributed by atoms with E-state index in [-0.39, 0.29) is 11.9 Å². The first-order chi connectivity index (χ1) is 11.7. The number of nitrogens with zero attached hydrogens (tertiary/aromatic N) is 2. The number of thiazole rings is 1. The first-order valence-electron chi connectivity index (χ1n) is 8.17. The quantitative estimate of drug-likeness (QED) is 0.861. The fraction of sp³-hybridized carbons (Fsp3) is 0.471. The van der Waals surface area contributed by atoms with E-state index in [0.29, 0.717) is 17.2 Å². The normalized spacial score (nSPS) is 15.9. The summed E-state index contributed by atoms with van der Waals surface area (Å²) in [4.78, 5) is 30.4. The molecular weight excluding hydrogens is 326 g/mol. The number of methoxy groups -OCH3 is 1. The van der Waals surface area contributed by atoms with E-state index in [1.54, 1.807) is 18.2 Å². The number of likely N-dealkylation sites (tertiary alicyclic amines) is 1. The van der Waals surface area contributed by atoms with Crippen molar-refractivity contribution < 1.29 is 14.3 Å². The number of rotatable bonds is 4. The average molecular weight is 347 g/mol. The van der Waals surface area contributed by atoms with E-state index >= 15 is 0 Å². The lowest BCUT2D eigenvalue weighted by molar-refractivity contribution is -0.117. The number of carbonyl (C=O) groups excluding carboxylic acids is 2. The molecule has 0 spiro atoms. The van der Waals surface area contributed by atoms with Crippen molar-refractivity contribution in [1.29, 1.82) is 0 Å². The summed E-state index contributed by atoms with van der Waals surface area (Å²) < 4.78 is 5.57. The van der Waals surface area contributed by atoms with Crippen molar-refractivity contribution in [3.8, 4) is 0 Å². The van der Waals surface area contributed by atoms with Crippen LogP contribution in [0, 0.1) is 0 Å². The monoisotopic (exact) mass is 347 g/mol. The molecule has 1 aromatic carbocycles. The molecule has 1 aromatic heterocycles. The van der Waals surface area contributed by atoms with Gasteiger partial charge in [0.25, 0.3) is 0 Å². The Labute approximate surface area is 144 Å². The molecule has 0 unspecified atom stereocenters. The number of amides is 1. The van der Waals surface area contributed by atoms with Gasteiger partial charge in [0.2, 0.25) is 5.91 Å². The zero-order chi connectivity index (χ0) is 16.9. The van der Waals surface area contributed by atoms with Crippen molar-refractivity contribution in [1.82, 2.24) is 9.88 Å². The molecule has 7 heteroatoms. The van der Waals surface area contributed by atoms with Crippen LogP contribution in [0.2, 0.25) is 0 Å². The Hall–Kier alpha value is -1.99. The molecule has 0 bridgehead atoms. The number of aromatic nitrogens is 1. The van der Waals surface area contributed by atoms with Crippen LogP contribution in [0.4, 0.5) is 5.13 Å². The second-order valence-electron chi connectivity index (χ2n) is 5.93. The maximum Gasteiger partial charge on any atom is 0.337 e. The summed E-state index contributed by atoms with van der Waals surface area (Å²) in [5.41, 5.74) is 1.24. The number of ether oxygens (including phenoxy) is 1. The molecule has 1 saturated heterocycles. The van der Waals surface area contributed by atoms with Gasteiger partial charge in [0.15, 0.2) is 5.13 Å². The first-order valence-corrected chi connectivity index (χ1v) is 8.98. The van der Waals surface area contributed by atoms with Gasteiger partial charge in [-0.15, -0.1) is 0 Å². The third-order valence-corrected chi connectivity index (χ3v) is 5.06. The molecule has 0 radical (unpaired) electrons. The van der Waals surface area contributed by atoms with Gasteiger partial charge in [-0.25, -0.2) is 9.78 Å². The molecule has 1 amide bonds. The fourth-order valence-electron chi connectivity index (χ4n) is 2.88. The molecule has 1 fully saturated rings. The highest BCUT2D eigenvalue weighted by Gasteiger charge is 2.15. The molecule has 6 nitrogen and oxygen atoms in total. The smallest absolute Gasteiger partial charge is 0.337 e. The van der Waals surface area contributed by atoms with Gasteiger partial charge < -0.3 is 10.1 Å². The summed E-state index contributed by atoms with van der Waals surface area (Å²) >= 11 is 1.36. The summed E-state index contributed by atoms with van der Waals surface area (Å²) in [6.45, 7) is 2.37. The van der Waals surface area contributed by atoms with Gasteiger partial charge in [-0.1, -0.05) is 24.2 Å². The van der Waals surface area contributed by atoms with Crippen molar-refractivity contribution in [3.63, 3.8) is 0 Å². The van der Waals surface area contributed by atoms with Crippen molar-refractivity contribution >= 4 is 38.6 Å². The standard InChI is InChI=1S/C17H21N3O3S/c1-23-16(22)12-6-7-13-14(10-12)24-17(18-13)19-15(21)11-20-8-4-2-3-5-9-20/h6-7,10H,2-5,8-9,11H2,1H3,(H,18,19,21). The Morgan fingerprint density at radius 1 is 1.25 bits per heavy atom. The summed E-state index contributed by atoms with van der Waals surface area (Å²) in [5, 5.41) is 3.43. The Bertz CT molecular complexity index is 736. The van der Waals surface area contributed by atoms with Gasteiger partial charge >= 0.3 is 5.97 Å².